The minimum absolute atomic E-state index is 0. The Balaban J connectivity index is 0.00000240. The van der Waals surface area contributed by atoms with Crippen LogP contribution in [0.1, 0.15) is 49.7 Å². The number of rotatable bonds is 6. The van der Waals surface area contributed by atoms with Crippen LogP contribution < -0.4 is 10.6 Å². The number of aryl methyl sites for hydroxylation is 3. The standard InChI is InChI=1S/C19H27N9.HI/c1-3-20-19(23-15-8-7-13-28-18(15)22-14(2)26-28)21-11-6-10-17-25-24-16-9-4-5-12-27(16)17;/h4-5,9,12,15H,3,6-8,10-11,13H2,1-2H3,(H2,20,21,23);1H. The summed E-state index contributed by atoms with van der Waals surface area (Å²) in [7, 11) is 0. The summed E-state index contributed by atoms with van der Waals surface area (Å²) in [6, 6.07) is 6.08. The Morgan fingerprint density at radius 2 is 2.21 bits per heavy atom. The first-order chi connectivity index (χ1) is 13.7. The third-order valence-electron chi connectivity index (χ3n) is 4.85. The molecule has 1 aliphatic heterocycles. The van der Waals surface area contributed by atoms with E-state index in [-0.39, 0.29) is 30.0 Å². The molecule has 1 aliphatic rings. The normalized spacial score (nSPS) is 16.3. The molecule has 29 heavy (non-hydrogen) atoms. The van der Waals surface area contributed by atoms with Gasteiger partial charge in [-0.2, -0.15) is 5.10 Å². The van der Waals surface area contributed by atoms with Crippen LogP contribution in [0.5, 0.6) is 0 Å². The van der Waals surface area contributed by atoms with Crippen molar-refractivity contribution in [1.29, 1.82) is 0 Å². The molecule has 0 aliphatic carbocycles. The molecule has 3 aromatic heterocycles. The van der Waals surface area contributed by atoms with Crippen LogP contribution in [-0.2, 0) is 13.0 Å². The second-order valence-corrected chi connectivity index (χ2v) is 6.99. The lowest BCUT2D eigenvalue weighted by Crippen LogP contribution is -2.41. The van der Waals surface area contributed by atoms with E-state index in [4.69, 9.17) is 4.99 Å². The lowest BCUT2D eigenvalue weighted by atomic mass is 10.1. The number of aliphatic imine (C=N–C) groups is 1. The van der Waals surface area contributed by atoms with E-state index >= 15 is 0 Å². The molecule has 10 heteroatoms. The van der Waals surface area contributed by atoms with Crippen molar-refractivity contribution in [3.8, 4) is 0 Å². The van der Waals surface area contributed by atoms with E-state index in [1.165, 1.54) is 0 Å². The molecule has 0 amide bonds. The first kappa shape index (κ1) is 21.5. The van der Waals surface area contributed by atoms with E-state index in [1.54, 1.807) is 0 Å². The Morgan fingerprint density at radius 3 is 3.07 bits per heavy atom. The summed E-state index contributed by atoms with van der Waals surface area (Å²) in [5.74, 6) is 3.63. The Bertz CT molecular complexity index is 962. The molecule has 4 rings (SSSR count). The van der Waals surface area contributed by atoms with Gasteiger partial charge in [-0.1, -0.05) is 6.07 Å². The van der Waals surface area contributed by atoms with Crippen LogP contribution in [0.15, 0.2) is 29.4 Å². The predicted octanol–water partition coefficient (Wildman–Crippen LogP) is 2.27. The number of nitrogens with zero attached hydrogens (tertiary/aromatic N) is 7. The van der Waals surface area contributed by atoms with E-state index in [0.29, 0.717) is 0 Å². The number of halogens is 1. The lowest BCUT2D eigenvalue weighted by Gasteiger charge is -2.25. The van der Waals surface area contributed by atoms with Crippen LogP contribution in [0.2, 0.25) is 0 Å². The predicted molar refractivity (Wildman–Crippen MR) is 123 cm³/mol. The van der Waals surface area contributed by atoms with Crippen molar-refractivity contribution in [2.45, 2.75) is 52.1 Å². The molecule has 1 atom stereocenters. The summed E-state index contributed by atoms with van der Waals surface area (Å²) in [5.41, 5.74) is 0.882. The topological polar surface area (TPSA) is 97.3 Å². The molecule has 0 bridgehead atoms. The van der Waals surface area contributed by atoms with E-state index in [2.05, 4.69) is 37.8 Å². The number of pyridine rings is 1. The summed E-state index contributed by atoms with van der Waals surface area (Å²) in [6.07, 6.45) is 5.87. The number of aromatic nitrogens is 6. The van der Waals surface area contributed by atoms with Crippen molar-refractivity contribution >= 4 is 35.6 Å². The summed E-state index contributed by atoms with van der Waals surface area (Å²) >= 11 is 0. The van der Waals surface area contributed by atoms with Gasteiger partial charge in [-0.3, -0.25) is 9.39 Å². The van der Waals surface area contributed by atoms with Gasteiger partial charge in [0.25, 0.3) is 0 Å². The van der Waals surface area contributed by atoms with Crippen LogP contribution in [0.4, 0.5) is 0 Å². The molecule has 0 radical (unpaired) electrons. The van der Waals surface area contributed by atoms with Gasteiger partial charge in [-0.25, -0.2) is 9.67 Å². The second-order valence-electron chi connectivity index (χ2n) is 6.99. The van der Waals surface area contributed by atoms with E-state index < -0.39 is 0 Å². The van der Waals surface area contributed by atoms with Gasteiger partial charge >= 0.3 is 0 Å². The van der Waals surface area contributed by atoms with Crippen LogP contribution in [0, 0.1) is 6.92 Å². The molecule has 9 nitrogen and oxygen atoms in total. The smallest absolute Gasteiger partial charge is 0.191 e. The van der Waals surface area contributed by atoms with Crippen LogP contribution >= 0.6 is 24.0 Å². The van der Waals surface area contributed by atoms with Crippen molar-refractivity contribution < 1.29 is 0 Å². The number of fused-ring (bicyclic) bond motifs is 2. The fraction of sp³-hybridized carbons (Fsp3) is 0.526. The first-order valence-electron chi connectivity index (χ1n) is 9.99. The fourth-order valence-corrected chi connectivity index (χ4v) is 3.58. The van der Waals surface area contributed by atoms with Crippen molar-refractivity contribution in [2.75, 3.05) is 13.1 Å². The Labute approximate surface area is 187 Å². The molecule has 3 aromatic rings. The summed E-state index contributed by atoms with van der Waals surface area (Å²) in [6.45, 7) is 6.49. The van der Waals surface area contributed by atoms with Crippen molar-refractivity contribution in [3.63, 3.8) is 0 Å². The maximum absolute atomic E-state index is 4.75. The summed E-state index contributed by atoms with van der Waals surface area (Å²) < 4.78 is 4.04. The van der Waals surface area contributed by atoms with Gasteiger partial charge in [-0.05, 0) is 45.2 Å². The summed E-state index contributed by atoms with van der Waals surface area (Å²) in [4.78, 5) is 9.34. The quantitative estimate of drug-likeness (QED) is 0.229. The molecular formula is C19H28IN9. The molecule has 4 heterocycles. The Morgan fingerprint density at radius 1 is 1.31 bits per heavy atom. The molecule has 0 saturated heterocycles. The monoisotopic (exact) mass is 509 g/mol. The average Bonchev–Trinajstić information content (AvgIpc) is 3.28. The molecule has 0 spiro atoms. The van der Waals surface area contributed by atoms with Gasteiger partial charge < -0.3 is 10.6 Å². The highest BCUT2D eigenvalue weighted by Gasteiger charge is 2.24. The van der Waals surface area contributed by atoms with E-state index in [1.807, 2.05) is 40.4 Å². The van der Waals surface area contributed by atoms with Crippen LogP contribution in [0.3, 0.4) is 0 Å². The number of nitrogens with one attached hydrogen (secondary N) is 2. The van der Waals surface area contributed by atoms with Crippen LogP contribution in [-0.4, -0.2) is 48.4 Å². The van der Waals surface area contributed by atoms with Gasteiger partial charge in [0, 0.05) is 32.3 Å². The molecule has 1 unspecified atom stereocenters. The van der Waals surface area contributed by atoms with Crippen molar-refractivity contribution in [3.05, 3.63) is 41.9 Å². The number of guanidine groups is 1. The highest BCUT2D eigenvalue weighted by molar-refractivity contribution is 14.0. The largest absolute Gasteiger partial charge is 0.357 e. The fourth-order valence-electron chi connectivity index (χ4n) is 3.58. The van der Waals surface area contributed by atoms with E-state index in [9.17, 15) is 0 Å². The van der Waals surface area contributed by atoms with Gasteiger partial charge in [0.1, 0.15) is 17.5 Å². The van der Waals surface area contributed by atoms with E-state index in [0.717, 1.165) is 74.4 Å². The third-order valence-corrected chi connectivity index (χ3v) is 4.85. The van der Waals surface area contributed by atoms with Gasteiger partial charge in [0.15, 0.2) is 11.6 Å². The molecule has 0 saturated carbocycles. The van der Waals surface area contributed by atoms with Gasteiger partial charge in [-0.15, -0.1) is 34.2 Å². The molecule has 0 fully saturated rings. The van der Waals surface area contributed by atoms with Crippen molar-refractivity contribution in [1.82, 2.24) is 40.0 Å². The van der Waals surface area contributed by atoms with Crippen LogP contribution in [0.25, 0.3) is 5.65 Å². The zero-order valence-electron chi connectivity index (χ0n) is 16.9. The molecule has 0 aromatic carbocycles. The molecule has 156 valence electrons. The van der Waals surface area contributed by atoms with Crippen molar-refractivity contribution in [2.24, 2.45) is 4.99 Å². The number of hydrogen-bond acceptors (Lipinski definition) is 5. The lowest BCUT2D eigenvalue weighted by molar-refractivity contribution is 0.397. The zero-order chi connectivity index (χ0) is 19.3. The first-order valence-corrected chi connectivity index (χ1v) is 9.99. The average molecular weight is 509 g/mol. The second kappa shape index (κ2) is 9.99. The van der Waals surface area contributed by atoms with Gasteiger partial charge in [0.2, 0.25) is 0 Å². The minimum Gasteiger partial charge on any atom is -0.357 e. The Hall–Kier alpha value is -2.24. The summed E-state index contributed by atoms with van der Waals surface area (Å²) in [5, 5.41) is 19.8. The van der Waals surface area contributed by atoms with Gasteiger partial charge in [0.05, 0.1) is 6.04 Å². The highest BCUT2D eigenvalue weighted by Crippen LogP contribution is 2.22. The molecular weight excluding hydrogens is 481 g/mol. The Kier molecular flexibility index (Phi) is 7.40. The number of hydrogen-bond donors (Lipinski definition) is 2. The molecule has 2 N–H and O–H groups in total. The maximum Gasteiger partial charge on any atom is 0.191 e. The SMILES string of the molecule is CCNC(=NCCCc1nnc2ccccn12)NC1CCCn2nc(C)nc21.I. The maximum atomic E-state index is 4.75. The minimum atomic E-state index is 0. The highest BCUT2D eigenvalue weighted by atomic mass is 127. The zero-order valence-corrected chi connectivity index (χ0v) is 19.2. The third kappa shape index (κ3) is 5.03.